The van der Waals surface area contributed by atoms with Crippen LogP contribution in [0, 0.1) is 0 Å². The summed E-state index contributed by atoms with van der Waals surface area (Å²) in [6, 6.07) is 0.442. The van der Waals surface area contributed by atoms with E-state index in [1.807, 2.05) is 10.9 Å². The lowest BCUT2D eigenvalue weighted by atomic mass is 9.99. The van der Waals surface area contributed by atoms with Crippen molar-refractivity contribution in [3.05, 3.63) is 18.0 Å². The van der Waals surface area contributed by atoms with Crippen LogP contribution in [0.15, 0.2) is 12.4 Å². The van der Waals surface area contributed by atoms with Crippen LogP contribution < -0.4 is 5.32 Å². The van der Waals surface area contributed by atoms with Gasteiger partial charge in [0.1, 0.15) is 0 Å². The average Bonchev–Trinajstić information content (AvgIpc) is 2.63. The van der Waals surface area contributed by atoms with Crippen molar-refractivity contribution in [3.63, 3.8) is 0 Å². The van der Waals surface area contributed by atoms with Crippen LogP contribution in [-0.4, -0.2) is 15.3 Å². The number of aromatic nitrogens is 2. The fourth-order valence-electron chi connectivity index (χ4n) is 1.81. The fraction of sp³-hybridized carbons (Fsp3) is 0.769. The SMILES string of the molecule is CCCC(C)(C)NCc1cnn(C(C)C)c1. The van der Waals surface area contributed by atoms with E-state index in [1.165, 1.54) is 18.4 Å². The van der Waals surface area contributed by atoms with Crippen molar-refractivity contribution in [2.24, 2.45) is 0 Å². The molecule has 0 atom stereocenters. The molecule has 1 rings (SSSR count). The van der Waals surface area contributed by atoms with Gasteiger partial charge in [0.15, 0.2) is 0 Å². The van der Waals surface area contributed by atoms with Crippen molar-refractivity contribution in [1.29, 1.82) is 0 Å². The van der Waals surface area contributed by atoms with Crippen LogP contribution in [0.3, 0.4) is 0 Å². The Kier molecular flexibility index (Phi) is 4.54. The zero-order valence-electron chi connectivity index (χ0n) is 11.2. The van der Waals surface area contributed by atoms with Crippen LogP contribution in [0.2, 0.25) is 0 Å². The molecule has 92 valence electrons. The number of hydrogen-bond donors (Lipinski definition) is 1. The Balaban J connectivity index is 2.48. The van der Waals surface area contributed by atoms with E-state index in [9.17, 15) is 0 Å². The van der Waals surface area contributed by atoms with Gasteiger partial charge in [-0.2, -0.15) is 5.10 Å². The molecule has 0 spiro atoms. The summed E-state index contributed by atoms with van der Waals surface area (Å²) >= 11 is 0. The molecule has 0 bridgehead atoms. The van der Waals surface area contributed by atoms with Crippen LogP contribution in [0.25, 0.3) is 0 Å². The molecule has 0 saturated carbocycles. The van der Waals surface area contributed by atoms with E-state index < -0.39 is 0 Å². The van der Waals surface area contributed by atoms with Gasteiger partial charge in [-0.1, -0.05) is 13.3 Å². The molecule has 0 saturated heterocycles. The molecule has 0 aliphatic heterocycles. The third-order valence-corrected chi connectivity index (χ3v) is 2.83. The zero-order valence-corrected chi connectivity index (χ0v) is 11.2. The van der Waals surface area contributed by atoms with Gasteiger partial charge in [-0.25, -0.2) is 0 Å². The first-order valence-corrected chi connectivity index (χ1v) is 6.22. The molecule has 0 fully saturated rings. The Bertz CT molecular complexity index is 313. The minimum Gasteiger partial charge on any atom is -0.308 e. The molecule has 0 aliphatic rings. The average molecular weight is 223 g/mol. The number of nitrogens with one attached hydrogen (secondary N) is 1. The Morgan fingerprint density at radius 1 is 1.44 bits per heavy atom. The maximum absolute atomic E-state index is 4.34. The van der Waals surface area contributed by atoms with E-state index in [0.717, 1.165) is 6.54 Å². The van der Waals surface area contributed by atoms with Crippen LogP contribution in [0.5, 0.6) is 0 Å². The van der Waals surface area contributed by atoms with Crippen LogP contribution >= 0.6 is 0 Å². The Hall–Kier alpha value is -0.830. The van der Waals surface area contributed by atoms with Crippen molar-refractivity contribution >= 4 is 0 Å². The third-order valence-electron chi connectivity index (χ3n) is 2.83. The van der Waals surface area contributed by atoms with Crippen molar-refractivity contribution < 1.29 is 0 Å². The smallest absolute Gasteiger partial charge is 0.0534 e. The van der Waals surface area contributed by atoms with Crippen LogP contribution in [-0.2, 0) is 6.54 Å². The first-order valence-electron chi connectivity index (χ1n) is 6.22. The molecule has 0 radical (unpaired) electrons. The maximum Gasteiger partial charge on any atom is 0.0534 e. The summed E-state index contributed by atoms with van der Waals surface area (Å²) in [5, 5.41) is 7.91. The van der Waals surface area contributed by atoms with Crippen molar-refractivity contribution in [2.75, 3.05) is 0 Å². The molecule has 0 aromatic carbocycles. The second-order valence-electron chi connectivity index (χ2n) is 5.41. The van der Waals surface area contributed by atoms with Crippen LogP contribution in [0.1, 0.15) is 59.1 Å². The third kappa shape index (κ3) is 3.97. The quantitative estimate of drug-likeness (QED) is 0.803. The molecule has 1 aromatic heterocycles. The van der Waals surface area contributed by atoms with Gasteiger partial charge in [-0.05, 0) is 34.1 Å². The summed E-state index contributed by atoms with van der Waals surface area (Å²) in [6.07, 6.45) is 6.49. The first kappa shape index (κ1) is 13.2. The standard InChI is InChI=1S/C13H25N3/c1-6-7-13(4,5)14-8-12-9-15-16(10-12)11(2)3/h9-11,14H,6-8H2,1-5H3. The van der Waals surface area contributed by atoms with Gasteiger partial charge in [-0.15, -0.1) is 0 Å². The first-order chi connectivity index (χ1) is 7.44. The van der Waals surface area contributed by atoms with E-state index in [2.05, 4.69) is 51.2 Å². The minimum absolute atomic E-state index is 0.217. The summed E-state index contributed by atoms with van der Waals surface area (Å²) in [5.74, 6) is 0. The van der Waals surface area contributed by atoms with E-state index in [-0.39, 0.29) is 5.54 Å². The molecule has 0 amide bonds. The lowest BCUT2D eigenvalue weighted by Crippen LogP contribution is -2.38. The van der Waals surface area contributed by atoms with Gasteiger partial charge >= 0.3 is 0 Å². The second kappa shape index (κ2) is 5.48. The predicted octanol–water partition coefficient (Wildman–Crippen LogP) is 3.13. The molecule has 0 aliphatic carbocycles. The molecule has 3 heteroatoms. The highest BCUT2D eigenvalue weighted by atomic mass is 15.3. The zero-order chi connectivity index (χ0) is 12.2. The van der Waals surface area contributed by atoms with E-state index in [1.54, 1.807) is 0 Å². The fourth-order valence-corrected chi connectivity index (χ4v) is 1.81. The van der Waals surface area contributed by atoms with Gasteiger partial charge in [0.25, 0.3) is 0 Å². The molecule has 16 heavy (non-hydrogen) atoms. The van der Waals surface area contributed by atoms with Crippen molar-refractivity contribution in [2.45, 2.75) is 65.6 Å². The Morgan fingerprint density at radius 2 is 2.12 bits per heavy atom. The van der Waals surface area contributed by atoms with E-state index in [0.29, 0.717) is 6.04 Å². The summed E-state index contributed by atoms with van der Waals surface area (Å²) in [6.45, 7) is 11.9. The summed E-state index contributed by atoms with van der Waals surface area (Å²) in [4.78, 5) is 0. The lowest BCUT2D eigenvalue weighted by molar-refractivity contribution is 0.356. The minimum atomic E-state index is 0.217. The Labute approximate surface area is 99.2 Å². The highest BCUT2D eigenvalue weighted by Gasteiger charge is 2.15. The lowest BCUT2D eigenvalue weighted by Gasteiger charge is -2.25. The molecular weight excluding hydrogens is 198 g/mol. The van der Waals surface area contributed by atoms with Crippen molar-refractivity contribution in [3.8, 4) is 0 Å². The van der Waals surface area contributed by atoms with Gasteiger partial charge in [0, 0.05) is 29.9 Å². The number of nitrogens with zero attached hydrogens (tertiary/aromatic N) is 2. The Morgan fingerprint density at radius 3 is 2.62 bits per heavy atom. The topological polar surface area (TPSA) is 29.9 Å². The highest BCUT2D eigenvalue weighted by molar-refractivity contribution is 5.04. The number of rotatable bonds is 6. The molecule has 1 aromatic rings. The van der Waals surface area contributed by atoms with Crippen molar-refractivity contribution in [1.82, 2.24) is 15.1 Å². The van der Waals surface area contributed by atoms with Gasteiger partial charge in [0.2, 0.25) is 0 Å². The number of hydrogen-bond acceptors (Lipinski definition) is 2. The predicted molar refractivity (Wildman–Crippen MR) is 68.4 cm³/mol. The molecular formula is C13H25N3. The largest absolute Gasteiger partial charge is 0.308 e. The van der Waals surface area contributed by atoms with Gasteiger partial charge < -0.3 is 5.32 Å². The van der Waals surface area contributed by atoms with E-state index >= 15 is 0 Å². The van der Waals surface area contributed by atoms with Crippen LogP contribution in [0.4, 0.5) is 0 Å². The summed E-state index contributed by atoms with van der Waals surface area (Å²) in [5.41, 5.74) is 1.48. The monoisotopic (exact) mass is 223 g/mol. The molecule has 3 nitrogen and oxygen atoms in total. The molecule has 1 heterocycles. The highest BCUT2D eigenvalue weighted by Crippen LogP contribution is 2.12. The molecule has 1 N–H and O–H groups in total. The second-order valence-corrected chi connectivity index (χ2v) is 5.41. The van der Waals surface area contributed by atoms with Gasteiger partial charge in [0.05, 0.1) is 6.20 Å². The summed E-state index contributed by atoms with van der Waals surface area (Å²) in [7, 11) is 0. The van der Waals surface area contributed by atoms with E-state index in [4.69, 9.17) is 0 Å². The molecule has 0 unspecified atom stereocenters. The summed E-state index contributed by atoms with van der Waals surface area (Å²) < 4.78 is 2.00. The van der Waals surface area contributed by atoms with Gasteiger partial charge in [-0.3, -0.25) is 4.68 Å². The maximum atomic E-state index is 4.34. The normalized spacial score (nSPS) is 12.4.